The highest BCUT2D eigenvalue weighted by Gasteiger charge is 2.27. The van der Waals surface area contributed by atoms with Gasteiger partial charge in [0.2, 0.25) is 25.6 Å². The molecule has 1 fully saturated rings. The number of carbonyl (C=O) groups is 1. The van der Waals surface area contributed by atoms with Crippen molar-refractivity contribution in [1.82, 2.24) is 14.2 Å². The Morgan fingerprint density at radius 3 is 2.49 bits per heavy atom. The van der Waals surface area contributed by atoms with Crippen molar-refractivity contribution in [1.29, 1.82) is 0 Å². The van der Waals surface area contributed by atoms with E-state index in [1.165, 1.54) is 16.4 Å². The Hall–Kier alpha value is -3.66. The van der Waals surface area contributed by atoms with Crippen LogP contribution in [0.4, 0.5) is 11.4 Å². The lowest BCUT2D eigenvalue weighted by atomic mass is 10.1. The van der Waals surface area contributed by atoms with Gasteiger partial charge in [-0.25, -0.2) is 8.42 Å². The van der Waals surface area contributed by atoms with Gasteiger partial charge in [-0.2, -0.15) is 4.31 Å². The third-order valence-corrected chi connectivity index (χ3v) is 8.61. The van der Waals surface area contributed by atoms with Crippen molar-refractivity contribution < 1.29 is 13.2 Å². The van der Waals surface area contributed by atoms with Crippen molar-refractivity contribution >= 4 is 38.2 Å². The Kier molecular flexibility index (Phi) is 7.97. The number of hydrogen-bond donors (Lipinski definition) is 1. The van der Waals surface area contributed by atoms with Crippen LogP contribution in [-0.2, 0) is 10.0 Å². The first kappa shape index (κ1) is 26.4. The van der Waals surface area contributed by atoms with Crippen molar-refractivity contribution in [3.8, 4) is 0 Å². The van der Waals surface area contributed by atoms with E-state index in [1.807, 2.05) is 6.92 Å². The number of aromatic amines is 1. The predicted octanol–water partition coefficient (Wildman–Crippen LogP) is 4.30. The summed E-state index contributed by atoms with van der Waals surface area (Å²) in [5, 5.41) is 8.66. The third-order valence-electron chi connectivity index (χ3n) is 6.57. The number of carbonyl (C=O) groups excluding carboxylic acids is 1. The Bertz CT molecular complexity index is 1550. The average molecular weight is 524 g/mol. The molecule has 1 amide bonds. The van der Waals surface area contributed by atoms with Gasteiger partial charge >= 0.3 is 5.91 Å². The van der Waals surface area contributed by atoms with Gasteiger partial charge in [0.1, 0.15) is 0 Å². The van der Waals surface area contributed by atoms with E-state index < -0.39 is 15.9 Å². The summed E-state index contributed by atoms with van der Waals surface area (Å²) in [4.78, 5) is 33.5. The summed E-state index contributed by atoms with van der Waals surface area (Å²) in [6.45, 7) is 7.59. The van der Waals surface area contributed by atoms with Crippen molar-refractivity contribution in [2.45, 2.75) is 44.9 Å². The fourth-order valence-electron chi connectivity index (χ4n) is 4.61. The molecular weight excluding hydrogens is 492 g/mol. The highest BCUT2D eigenvalue weighted by Crippen LogP contribution is 2.29. The van der Waals surface area contributed by atoms with Crippen LogP contribution in [0.5, 0.6) is 0 Å². The molecule has 2 aromatic carbocycles. The molecule has 0 bridgehead atoms. The molecular formula is C26H31N6O4S+. The summed E-state index contributed by atoms with van der Waals surface area (Å²) in [5.41, 5.74) is 2.58. The minimum absolute atomic E-state index is 0.0476. The normalized spacial score (nSPS) is 14.0. The summed E-state index contributed by atoms with van der Waals surface area (Å²) in [5.74, 6) is -0.665. The molecule has 10 nitrogen and oxygen atoms in total. The number of H-pyrrole nitrogens is 1. The SMILES string of the molecule is CCN(CC)S(=O)(=O)c1ccc(N2CCCCC2)c(C(=O)N=[N+]=Nc2ccc3[nH]c(=O)cc(C)c3c2)c1. The highest BCUT2D eigenvalue weighted by atomic mass is 32.2. The number of nitrogens with one attached hydrogen (secondary N) is 1. The average Bonchev–Trinajstić information content (AvgIpc) is 2.89. The van der Waals surface area contributed by atoms with Gasteiger partial charge in [0.05, 0.1) is 10.5 Å². The van der Waals surface area contributed by atoms with Crippen LogP contribution in [-0.4, -0.2) is 49.8 Å². The quantitative estimate of drug-likeness (QED) is 0.365. The fourth-order valence-corrected chi connectivity index (χ4v) is 6.10. The van der Waals surface area contributed by atoms with E-state index in [-0.39, 0.29) is 16.0 Å². The lowest BCUT2D eigenvalue weighted by Crippen LogP contribution is -2.32. The molecule has 37 heavy (non-hydrogen) atoms. The molecule has 1 aliphatic rings. The van der Waals surface area contributed by atoms with E-state index in [0.29, 0.717) is 30.0 Å². The van der Waals surface area contributed by atoms with Crippen LogP contribution in [0.25, 0.3) is 10.9 Å². The van der Waals surface area contributed by atoms with E-state index in [0.717, 1.165) is 43.3 Å². The molecule has 0 atom stereocenters. The van der Waals surface area contributed by atoms with Crippen LogP contribution in [0.3, 0.4) is 0 Å². The zero-order chi connectivity index (χ0) is 26.6. The summed E-state index contributed by atoms with van der Waals surface area (Å²) < 4.78 is 27.6. The maximum atomic E-state index is 13.2. The van der Waals surface area contributed by atoms with Gasteiger partial charge < -0.3 is 9.88 Å². The Morgan fingerprint density at radius 2 is 1.78 bits per heavy atom. The number of pyridine rings is 1. The standard InChI is InChI=1S/C26H30N6O4S/c1-4-32(5-2)37(35,36)20-10-12-24(31-13-7-6-8-14-31)22(17-20)26(34)29-30-28-19-9-11-23-21(16-19)18(3)15-25(33)27-23/h9-12,15-17H,4-8,13-14H2,1-3H3/p+1. The molecule has 2 heterocycles. The second-order valence-corrected chi connectivity index (χ2v) is 10.9. The second-order valence-electron chi connectivity index (χ2n) is 8.96. The molecule has 3 aromatic rings. The number of rotatable bonds is 7. The highest BCUT2D eigenvalue weighted by molar-refractivity contribution is 7.89. The second kappa shape index (κ2) is 11.2. The number of hydrogen-bond acceptors (Lipinski definition) is 6. The molecule has 1 aliphatic heterocycles. The van der Waals surface area contributed by atoms with Crippen LogP contribution in [0, 0.1) is 6.92 Å². The predicted molar refractivity (Wildman–Crippen MR) is 143 cm³/mol. The molecule has 194 valence electrons. The minimum atomic E-state index is -3.75. The van der Waals surface area contributed by atoms with Gasteiger partial charge in [0.25, 0.3) is 0 Å². The van der Waals surface area contributed by atoms with Gasteiger partial charge in [0, 0.05) is 48.8 Å². The van der Waals surface area contributed by atoms with Crippen LogP contribution >= 0.6 is 0 Å². The lowest BCUT2D eigenvalue weighted by molar-refractivity contribution is 0.0993. The number of aromatic nitrogens is 1. The van der Waals surface area contributed by atoms with E-state index >= 15 is 0 Å². The number of sulfonamides is 1. The number of piperidine rings is 1. The zero-order valence-corrected chi connectivity index (χ0v) is 22.1. The number of anilines is 1. The molecule has 4 rings (SSSR count). The summed E-state index contributed by atoms with van der Waals surface area (Å²) in [7, 11) is -3.75. The number of benzene rings is 2. The van der Waals surface area contributed by atoms with E-state index in [9.17, 15) is 18.0 Å². The van der Waals surface area contributed by atoms with Crippen LogP contribution in [0.1, 0.15) is 49.0 Å². The smallest absolute Gasteiger partial charge is 0.362 e. The Labute approximate surface area is 215 Å². The first-order valence-electron chi connectivity index (χ1n) is 12.4. The van der Waals surface area contributed by atoms with Crippen LogP contribution < -0.4 is 15.4 Å². The van der Waals surface area contributed by atoms with E-state index in [4.69, 9.17) is 0 Å². The third kappa shape index (κ3) is 5.69. The Balaban J connectivity index is 1.71. The Morgan fingerprint density at radius 1 is 1.05 bits per heavy atom. The maximum absolute atomic E-state index is 13.2. The van der Waals surface area contributed by atoms with Crippen molar-refractivity contribution in [2.75, 3.05) is 31.1 Å². The molecule has 0 aliphatic carbocycles. The van der Waals surface area contributed by atoms with Gasteiger partial charge in [-0.05, 0) is 68.1 Å². The number of amides is 1. The molecule has 11 heteroatoms. The molecule has 0 saturated carbocycles. The molecule has 1 saturated heterocycles. The summed E-state index contributed by atoms with van der Waals surface area (Å²) in [6.07, 6.45) is 3.11. The van der Waals surface area contributed by atoms with Gasteiger partial charge in [-0.15, -0.1) is 0 Å². The van der Waals surface area contributed by atoms with Crippen molar-refractivity contribution in [2.24, 2.45) is 10.2 Å². The van der Waals surface area contributed by atoms with Crippen LogP contribution in [0.15, 0.2) is 62.4 Å². The fraction of sp³-hybridized carbons (Fsp3) is 0.385. The van der Waals surface area contributed by atoms with Crippen molar-refractivity contribution in [3.63, 3.8) is 0 Å². The molecule has 1 N–H and O–H groups in total. The molecule has 0 unspecified atom stereocenters. The summed E-state index contributed by atoms with van der Waals surface area (Å²) >= 11 is 0. The molecule has 0 radical (unpaired) electrons. The number of fused-ring (bicyclic) bond motifs is 1. The van der Waals surface area contributed by atoms with E-state index in [2.05, 4.69) is 25.0 Å². The van der Waals surface area contributed by atoms with E-state index in [1.54, 1.807) is 44.2 Å². The van der Waals surface area contributed by atoms with Gasteiger partial charge in [-0.1, -0.05) is 13.8 Å². The van der Waals surface area contributed by atoms with Gasteiger partial charge in [0.15, 0.2) is 10.8 Å². The van der Waals surface area contributed by atoms with Crippen molar-refractivity contribution in [3.05, 3.63) is 63.9 Å². The maximum Gasteiger partial charge on any atom is 0.362 e. The van der Waals surface area contributed by atoms with Gasteiger partial charge in [-0.3, -0.25) is 9.59 Å². The molecule has 1 aromatic heterocycles. The minimum Gasteiger partial charge on any atom is -0.371 e. The zero-order valence-electron chi connectivity index (χ0n) is 21.3. The first-order chi connectivity index (χ1) is 17.7. The number of aryl methyl sites for hydroxylation is 1. The lowest BCUT2D eigenvalue weighted by Gasteiger charge is -2.30. The molecule has 0 spiro atoms. The largest absolute Gasteiger partial charge is 0.371 e. The summed E-state index contributed by atoms with van der Waals surface area (Å²) in [6, 6.07) is 11.3. The van der Waals surface area contributed by atoms with Crippen LogP contribution in [0.2, 0.25) is 0 Å². The topological polar surface area (TPSA) is 129 Å². The monoisotopic (exact) mass is 523 g/mol. The number of nitrogens with zero attached hydrogens (tertiary/aromatic N) is 5. The first-order valence-corrected chi connectivity index (χ1v) is 13.9.